The Hall–Kier alpha value is -1.16. The first-order valence-corrected chi connectivity index (χ1v) is 6.37. The summed E-state index contributed by atoms with van der Waals surface area (Å²) in [6.07, 6.45) is 7.51. The molecule has 1 saturated carbocycles. The van der Waals surface area contributed by atoms with Crippen LogP contribution in [0.4, 0.5) is 0 Å². The van der Waals surface area contributed by atoms with Crippen molar-refractivity contribution in [2.75, 3.05) is 0 Å². The number of ketones is 1. The van der Waals surface area contributed by atoms with E-state index in [0.29, 0.717) is 32.1 Å². The van der Waals surface area contributed by atoms with E-state index in [1.165, 1.54) is 0 Å². The molecule has 0 bridgehead atoms. The van der Waals surface area contributed by atoms with Crippen molar-refractivity contribution in [3.05, 3.63) is 18.2 Å². The first-order valence-electron chi connectivity index (χ1n) is 6.37. The normalized spacial score (nSPS) is 19.5. The van der Waals surface area contributed by atoms with E-state index in [1.54, 1.807) is 6.20 Å². The lowest BCUT2D eigenvalue weighted by atomic mass is 9.82. The number of rotatable bonds is 4. The number of aromatic nitrogens is 2. The SMILES string of the molecule is CCCn1ccnc1CC1(O)CCC(=O)CC1. The average molecular weight is 236 g/mol. The van der Waals surface area contributed by atoms with Crippen LogP contribution in [-0.4, -0.2) is 26.0 Å². The molecule has 0 atom stereocenters. The molecule has 1 aromatic heterocycles. The molecule has 0 amide bonds. The number of carbonyl (C=O) groups is 1. The van der Waals surface area contributed by atoms with Gasteiger partial charge >= 0.3 is 0 Å². The Bertz CT molecular complexity index is 388. The number of imidazole rings is 1. The quantitative estimate of drug-likeness (QED) is 0.865. The van der Waals surface area contributed by atoms with Gasteiger partial charge in [-0.1, -0.05) is 6.92 Å². The highest BCUT2D eigenvalue weighted by Gasteiger charge is 2.33. The summed E-state index contributed by atoms with van der Waals surface area (Å²) in [5, 5.41) is 10.4. The predicted octanol–water partition coefficient (Wildman–Crippen LogP) is 1.71. The molecule has 0 aromatic carbocycles. The van der Waals surface area contributed by atoms with Crippen LogP contribution in [0.2, 0.25) is 0 Å². The monoisotopic (exact) mass is 236 g/mol. The fraction of sp³-hybridized carbons (Fsp3) is 0.692. The number of carbonyl (C=O) groups excluding carboxylic acids is 1. The summed E-state index contributed by atoms with van der Waals surface area (Å²) in [5.74, 6) is 1.20. The Labute approximate surface area is 102 Å². The van der Waals surface area contributed by atoms with E-state index in [-0.39, 0.29) is 5.78 Å². The summed E-state index contributed by atoms with van der Waals surface area (Å²) >= 11 is 0. The van der Waals surface area contributed by atoms with Gasteiger partial charge in [-0.05, 0) is 19.3 Å². The number of hydrogen-bond donors (Lipinski definition) is 1. The minimum Gasteiger partial charge on any atom is -0.389 e. The molecule has 0 radical (unpaired) electrons. The molecule has 1 aromatic rings. The maximum absolute atomic E-state index is 11.2. The lowest BCUT2D eigenvalue weighted by Gasteiger charge is -2.31. The zero-order chi connectivity index (χ0) is 12.3. The van der Waals surface area contributed by atoms with Gasteiger partial charge in [0.25, 0.3) is 0 Å². The van der Waals surface area contributed by atoms with Crippen molar-refractivity contribution in [1.82, 2.24) is 9.55 Å². The highest BCUT2D eigenvalue weighted by molar-refractivity contribution is 5.79. The van der Waals surface area contributed by atoms with Crippen LogP contribution in [0.5, 0.6) is 0 Å². The Kier molecular flexibility index (Phi) is 3.62. The predicted molar refractivity (Wildman–Crippen MR) is 64.6 cm³/mol. The molecule has 1 N–H and O–H groups in total. The van der Waals surface area contributed by atoms with Crippen LogP contribution < -0.4 is 0 Å². The molecule has 94 valence electrons. The molecule has 4 nitrogen and oxygen atoms in total. The van der Waals surface area contributed by atoms with Gasteiger partial charge in [-0.25, -0.2) is 4.98 Å². The molecule has 0 saturated heterocycles. The van der Waals surface area contributed by atoms with E-state index in [9.17, 15) is 9.90 Å². The minimum absolute atomic E-state index is 0.270. The largest absolute Gasteiger partial charge is 0.389 e. The van der Waals surface area contributed by atoms with E-state index >= 15 is 0 Å². The van der Waals surface area contributed by atoms with Gasteiger partial charge in [-0.3, -0.25) is 4.79 Å². The molecule has 1 fully saturated rings. The van der Waals surface area contributed by atoms with Gasteiger partial charge in [0.15, 0.2) is 0 Å². The molecule has 2 rings (SSSR count). The van der Waals surface area contributed by atoms with Gasteiger partial charge in [0, 0.05) is 38.2 Å². The van der Waals surface area contributed by atoms with Crippen LogP contribution in [0, 0.1) is 0 Å². The van der Waals surface area contributed by atoms with Crippen LogP contribution in [0.25, 0.3) is 0 Å². The molecule has 0 unspecified atom stereocenters. The van der Waals surface area contributed by atoms with Crippen molar-refractivity contribution < 1.29 is 9.90 Å². The molecular weight excluding hydrogens is 216 g/mol. The minimum atomic E-state index is -0.731. The van der Waals surface area contributed by atoms with Crippen molar-refractivity contribution in [3.63, 3.8) is 0 Å². The van der Waals surface area contributed by atoms with Gasteiger partial charge in [0.05, 0.1) is 5.60 Å². The third-order valence-electron chi connectivity index (χ3n) is 3.49. The molecule has 1 aliphatic rings. The Balaban J connectivity index is 2.04. The van der Waals surface area contributed by atoms with E-state index in [2.05, 4.69) is 16.5 Å². The first kappa shape index (κ1) is 12.3. The molecule has 4 heteroatoms. The van der Waals surface area contributed by atoms with Crippen molar-refractivity contribution in [2.45, 2.75) is 57.6 Å². The van der Waals surface area contributed by atoms with Crippen molar-refractivity contribution in [1.29, 1.82) is 0 Å². The topological polar surface area (TPSA) is 55.1 Å². The summed E-state index contributed by atoms with van der Waals surface area (Å²) in [5.41, 5.74) is -0.731. The average Bonchev–Trinajstić information content (AvgIpc) is 2.71. The smallest absolute Gasteiger partial charge is 0.133 e. The van der Waals surface area contributed by atoms with E-state index in [0.717, 1.165) is 18.8 Å². The maximum Gasteiger partial charge on any atom is 0.133 e. The van der Waals surface area contributed by atoms with E-state index < -0.39 is 5.60 Å². The van der Waals surface area contributed by atoms with Crippen LogP contribution >= 0.6 is 0 Å². The molecule has 17 heavy (non-hydrogen) atoms. The van der Waals surface area contributed by atoms with Crippen LogP contribution in [0.1, 0.15) is 44.9 Å². The van der Waals surface area contributed by atoms with Crippen molar-refractivity contribution >= 4 is 5.78 Å². The highest BCUT2D eigenvalue weighted by Crippen LogP contribution is 2.29. The lowest BCUT2D eigenvalue weighted by molar-refractivity contribution is -0.125. The van der Waals surface area contributed by atoms with Crippen molar-refractivity contribution in [3.8, 4) is 0 Å². The van der Waals surface area contributed by atoms with Crippen LogP contribution in [0.15, 0.2) is 12.4 Å². The fourth-order valence-electron chi connectivity index (χ4n) is 2.42. The molecule has 0 aliphatic heterocycles. The Morgan fingerprint density at radius 1 is 1.47 bits per heavy atom. The number of aliphatic hydroxyl groups is 1. The number of nitrogens with zero attached hydrogens (tertiary/aromatic N) is 2. The summed E-state index contributed by atoms with van der Waals surface area (Å²) in [7, 11) is 0. The second-order valence-electron chi connectivity index (χ2n) is 4.98. The van der Waals surface area contributed by atoms with Gasteiger partial charge in [-0.2, -0.15) is 0 Å². The maximum atomic E-state index is 11.2. The summed E-state index contributed by atoms with van der Waals surface area (Å²) < 4.78 is 2.09. The second kappa shape index (κ2) is 5.00. The third-order valence-corrected chi connectivity index (χ3v) is 3.49. The van der Waals surface area contributed by atoms with Gasteiger partial charge < -0.3 is 9.67 Å². The van der Waals surface area contributed by atoms with Gasteiger partial charge in [0.2, 0.25) is 0 Å². The summed E-state index contributed by atoms with van der Waals surface area (Å²) in [6.45, 7) is 3.06. The zero-order valence-corrected chi connectivity index (χ0v) is 10.4. The highest BCUT2D eigenvalue weighted by atomic mass is 16.3. The molecule has 1 aliphatic carbocycles. The standard InChI is InChI=1S/C13H20N2O2/c1-2-8-15-9-7-14-12(15)10-13(17)5-3-11(16)4-6-13/h7,9,17H,2-6,8,10H2,1H3. The fourth-order valence-corrected chi connectivity index (χ4v) is 2.42. The molecule has 0 spiro atoms. The van der Waals surface area contributed by atoms with Crippen LogP contribution in [0.3, 0.4) is 0 Å². The number of Topliss-reactive ketones (excluding diaryl/α,β-unsaturated/α-hetero) is 1. The molecular formula is C13H20N2O2. The first-order chi connectivity index (χ1) is 8.13. The Morgan fingerprint density at radius 3 is 2.82 bits per heavy atom. The summed E-state index contributed by atoms with van der Waals surface area (Å²) in [4.78, 5) is 15.5. The van der Waals surface area contributed by atoms with E-state index in [1.807, 2.05) is 6.20 Å². The molecule has 1 heterocycles. The lowest BCUT2D eigenvalue weighted by Crippen LogP contribution is -2.37. The Morgan fingerprint density at radius 2 is 2.18 bits per heavy atom. The number of hydrogen-bond acceptors (Lipinski definition) is 3. The summed E-state index contributed by atoms with van der Waals surface area (Å²) in [6, 6.07) is 0. The number of aryl methyl sites for hydroxylation is 1. The van der Waals surface area contributed by atoms with Crippen molar-refractivity contribution in [2.24, 2.45) is 0 Å². The second-order valence-corrected chi connectivity index (χ2v) is 4.98. The van der Waals surface area contributed by atoms with Gasteiger partial charge in [0.1, 0.15) is 11.6 Å². The third kappa shape index (κ3) is 2.94. The van der Waals surface area contributed by atoms with Gasteiger partial charge in [-0.15, -0.1) is 0 Å². The van der Waals surface area contributed by atoms with E-state index in [4.69, 9.17) is 0 Å². The zero-order valence-electron chi connectivity index (χ0n) is 10.4. The van der Waals surface area contributed by atoms with Crippen LogP contribution in [-0.2, 0) is 17.8 Å².